The Labute approximate surface area is 152 Å². The molecule has 0 aliphatic heterocycles. The summed E-state index contributed by atoms with van der Waals surface area (Å²) >= 11 is 0. The molecule has 2 aromatic carbocycles. The van der Waals surface area contributed by atoms with Gasteiger partial charge in [-0.1, -0.05) is 25.5 Å². The molecule has 0 saturated heterocycles. The van der Waals surface area contributed by atoms with Crippen LogP contribution in [0.25, 0.3) is 0 Å². The molecule has 0 aliphatic carbocycles. The molecular formula is C15H10F9NO2S. The van der Waals surface area contributed by atoms with Crippen LogP contribution >= 0.6 is 10.2 Å². The summed E-state index contributed by atoms with van der Waals surface area (Å²) in [4.78, 5) is 9.98. The standard InChI is InChI=1S/C15H10F9NO2S/c1-25(7-4-3-5-8(6-7)28(20,21,22,23)24)15(26)9-10(16)12(18)14(27-2)13(19)11(9)17/h3-6H,1-2H3. The number of carbonyl (C=O) groups is 1. The first-order valence-electron chi connectivity index (χ1n) is 7.01. The van der Waals surface area contributed by atoms with E-state index in [1.807, 2.05) is 0 Å². The SMILES string of the molecule is COc1c(F)c(F)c(C(=O)N(C)c2cccc(S(F)(F)(F)(F)F)c2)c(F)c1F. The van der Waals surface area contributed by atoms with Gasteiger partial charge in [-0.05, 0) is 18.2 Å². The smallest absolute Gasteiger partial charge is 0.310 e. The molecule has 0 radical (unpaired) electrons. The molecule has 0 spiro atoms. The number of methoxy groups -OCH3 is 1. The summed E-state index contributed by atoms with van der Waals surface area (Å²) in [7, 11) is -8.75. The minimum absolute atomic E-state index is 0.0389. The minimum Gasteiger partial charge on any atom is -0.491 e. The van der Waals surface area contributed by atoms with Gasteiger partial charge in [0.2, 0.25) is 11.6 Å². The lowest BCUT2D eigenvalue weighted by atomic mass is 10.1. The second-order valence-corrected chi connectivity index (χ2v) is 7.90. The summed E-state index contributed by atoms with van der Waals surface area (Å²) in [5, 5.41) is 0. The molecule has 28 heavy (non-hydrogen) atoms. The predicted molar refractivity (Wildman–Crippen MR) is 83.4 cm³/mol. The lowest BCUT2D eigenvalue weighted by Gasteiger charge is -2.40. The summed E-state index contributed by atoms with van der Waals surface area (Å²) in [6.07, 6.45) is 0. The van der Waals surface area contributed by atoms with Gasteiger partial charge in [0.05, 0.1) is 7.11 Å². The summed E-state index contributed by atoms with van der Waals surface area (Å²) in [5.74, 6) is -11.7. The summed E-state index contributed by atoms with van der Waals surface area (Å²) in [6.45, 7) is 0. The summed E-state index contributed by atoms with van der Waals surface area (Å²) < 4.78 is 124. The molecule has 0 bridgehead atoms. The number of hydrogen-bond donors (Lipinski definition) is 0. The number of anilines is 1. The average Bonchev–Trinajstić information content (AvgIpc) is 2.58. The predicted octanol–water partition coefficient (Wildman–Crippen LogP) is 6.19. The number of nitrogens with zero attached hydrogens (tertiary/aromatic N) is 1. The van der Waals surface area contributed by atoms with E-state index in [1.54, 1.807) is 0 Å². The van der Waals surface area contributed by atoms with Crippen LogP contribution in [0.3, 0.4) is 0 Å². The highest BCUT2D eigenvalue weighted by atomic mass is 32.5. The van der Waals surface area contributed by atoms with Crippen molar-refractivity contribution in [2.75, 3.05) is 19.1 Å². The van der Waals surface area contributed by atoms with Crippen LogP contribution < -0.4 is 9.64 Å². The Morgan fingerprint density at radius 3 is 1.86 bits per heavy atom. The molecule has 2 aromatic rings. The highest BCUT2D eigenvalue weighted by molar-refractivity contribution is 8.45. The van der Waals surface area contributed by atoms with Crippen LogP contribution in [0, 0.1) is 23.3 Å². The number of benzene rings is 2. The van der Waals surface area contributed by atoms with Crippen LogP contribution in [0.15, 0.2) is 29.2 Å². The highest BCUT2D eigenvalue weighted by Gasteiger charge is 2.65. The topological polar surface area (TPSA) is 29.5 Å². The van der Waals surface area contributed by atoms with Crippen LogP contribution in [0.1, 0.15) is 10.4 Å². The van der Waals surface area contributed by atoms with Gasteiger partial charge in [-0.2, -0.15) is 8.78 Å². The fourth-order valence-electron chi connectivity index (χ4n) is 2.20. The zero-order chi connectivity index (χ0) is 21.7. The maximum absolute atomic E-state index is 14.0. The molecule has 156 valence electrons. The quantitative estimate of drug-likeness (QED) is 0.420. The zero-order valence-corrected chi connectivity index (χ0v) is 14.7. The van der Waals surface area contributed by atoms with E-state index in [-0.39, 0.29) is 17.0 Å². The van der Waals surface area contributed by atoms with E-state index < -0.39 is 61.3 Å². The molecule has 0 heterocycles. The number of halogens is 9. The second-order valence-electron chi connectivity index (χ2n) is 5.49. The van der Waals surface area contributed by atoms with E-state index in [4.69, 9.17) is 0 Å². The minimum atomic E-state index is -10.1. The van der Waals surface area contributed by atoms with Gasteiger partial charge in [-0.3, -0.25) is 4.79 Å². The van der Waals surface area contributed by atoms with Gasteiger partial charge in [-0.25, -0.2) is 8.78 Å². The normalized spacial score (nSPS) is 14.2. The van der Waals surface area contributed by atoms with Crippen LogP contribution in [0.2, 0.25) is 0 Å². The maximum atomic E-state index is 14.0. The van der Waals surface area contributed by atoms with Crippen LogP contribution in [0.4, 0.5) is 42.7 Å². The Morgan fingerprint density at radius 1 is 0.929 bits per heavy atom. The lowest BCUT2D eigenvalue weighted by Crippen LogP contribution is -2.29. The molecule has 0 fully saturated rings. The lowest BCUT2D eigenvalue weighted by molar-refractivity contribution is 0.0981. The number of ether oxygens (including phenoxy) is 1. The fraction of sp³-hybridized carbons (Fsp3) is 0.133. The van der Waals surface area contributed by atoms with Crippen molar-refractivity contribution in [1.82, 2.24) is 0 Å². The Bertz CT molecular complexity index is 947. The maximum Gasteiger partial charge on any atom is 0.310 e. The third-order valence-electron chi connectivity index (χ3n) is 3.60. The average molecular weight is 439 g/mol. The van der Waals surface area contributed by atoms with Crippen LogP contribution in [0.5, 0.6) is 5.75 Å². The van der Waals surface area contributed by atoms with Crippen molar-refractivity contribution in [3.8, 4) is 5.75 Å². The van der Waals surface area contributed by atoms with Gasteiger partial charge in [0.25, 0.3) is 5.91 Å². The number of hydrogen-bond acceptors (Lipinski definition) is 2. The summed E-state index contributed by atoms with van der Waals surface area (Å²) in [5.41, 5.74) is -2.64. The molecule has 0 aromatic heterocycles. The third kappa shape index (κ3) is 3.84. The molecule has 1 amide bonds. The molecule has 3 nitrogen and oxygen atoms in total. The van der Waals surface area contributed by atoms with Gasteiger partial charge < -0.3 is 9.64 Å². The molecule has 0 N–H and O–H groups in total. The fourth-order valence-corrected chi connectivity index (χ4v) is 2.87. The van der Waals surface area contributed by atoms with E-state index in [1.165, 1.54) is 0 Å². The van der Waals surface area contributed by atoms with E-state index in [9.17, 15) is 41.8 Å². The van der Waals surface area contributed by atoms with Gasteiger partial charge >= 0.3 is 10.2 Å². The third-order valence-corrected chi connectivity index (χ3v) is 4.74. The Hall–Kier alpha value is -2.57. The highest BCUT2D eigenvalue weighted by Crippen LogP contribution is 3.02. The Balaban J connectivity index is 2.59. The summed E-state index contributed by atoms with van der Waals surface area (Å²) in [6, 6.07) is 1.17. The molecule has 0 atom stereocenters. The first kappa shape index (κ1) is 21.7. The van der Waals surface area contributed by atoms with Crippen molar-refractivity contribution in [3.63, 3.8) is 0 Å². The van der Waals surface area contributed by atoms with Crippen LogP contribution in [-0.2, 0) is 0 Å². The van der Waals surface area contributed by atoms with Crippen molar-refractivity contribution in [2.24, 2.45) is 0 Å². The van der Waals surface area contributed by atoms with E-state index in [0.717, 1.165) is 6.07 Å². The van der Waals surface area contributed by atoms with E-state index in [2.05, 4.69) is 4.74 Å². The number of rotatable bonds is 4. The van der Waals surface area contributed by atoms with Crippen molar-refractivity contribution >= 4 is 21.8 Å². The Morgan fingerprint density at radius 2 is 1.43 bits per heavy atom. The van der Waals surface area contributed by atoms with Crippen LogP contribution in [-0.4, -0.2) is 20.1 Å². The molecule has 2 rings (SSSR count). The van der Waals surface area contributed by atoms with Gasteiger partial charge in [-0.15, -0.1) is 0 Å². The largest absolute Gasteiger partial charge is 0.491 e. The first-order valence-corrected chi connectivity index (χ1v) is 8.97. The molecular weight excluding hydrogens is 429 g/mol. The van der Waals surface area contributed by atoms with Crippen molar-refractivity contribution in [3.05, 3.63) is 53.1 Å². The van der Waals surface area contributed by atoms with E-state index in [0.29, 0.717) is 20.2 Å². The Kier molecular flexibility index (Phi) is 4.63. The second kappa shape index (κ2) is 5.96. The number of amides is 1. The van der Waals surface area contributed by atoms with Crippen molar-refractivity contribution in [1.29, 1.82) is 0 Å². The van der Waals surface area contributed by atoms with Crippen molar-refractivity contribution in [2.45, 2.75) is 4.90 Å². The molecule has 13 heteroatoms. The van der Waals surface area contributed by atoms with Crippen molar-refractivity contribution < 1.29 is 46.5 Å². The molecule has 0 unspecified atom stereocenters. The molecule has 0 saturated carbocycles. The van der Waals surface area contributed by atoms with Gasteiger partial charge in [0, 0.05) is 12.7 Å². The van der Waals surface area contributed by atoms with Gasteiger partial charge in [0.15, 0.2) is 17.4 Å². The first-order chi connectivity index (χ1) is 12.5. The monoisotopic (exact) mass is 439 g/mol. The zero-order valence-electron chi connectivity index (χ0n) is 13.9. The van der Waals surface area contributed by atoms with E-state index >= 15 is 0 Å². The molecule has 0 aliphatic rings. The number of carbonyl (C=O) groups excluding carboxylic acids is 1. The van der Waals surface area contributed by atoms with Gasteiger partial charge in [0.1, 0.15) is 10.5 Å².